The van der Waals surface area contributed by atoms with Crippen LogP contribution in [0, 0.1) is 0 Å². The fraction of sp³-hybridized carbons (Fsp3) is 0.200. The van der Waals surface area contributed by atoms with Gasteiger partial charge in [-0.1, -0.05) is 18.2 Å². The molecule has 1 aliphatic rings. The summed E-state index contributed by atoms with van der Waals surface area (Å²) in [6.07, 6.45) is 0. The Morgan fingerprint density at radius 2 is 1.53 bits per heavy atom. The quantitative estimate of drug-likeness (QED) is 0.710. The normalized spacial score (nSPS) is 17.9. The van der Waals surface area contributed by atoms with Crippen LogP contribution < -0.4 is 5.32 Å². The largest absolute Gasteiger partial charge is 0.294 e. The van der Waals surface area contributed by atoms with Gasteiger partial charge in [0.1, 0.15) is 0 Å². The van der Waals surface area contributed by atoms with Crippen LogP contribution >= 0.6 is 0 Å². The Balaban J connectivity index is 2.33. The number of amides is 2. The van der Waals surface area contributed by atoms with E-state index in [1.807, 2.05) is 5.32 Å². The maximum atomic E-state index is 12.1. The first kappa shape index (κ1) is 11.7. The number of benzene rings is 1. The van der Waals surface area contributed by atoms with E-state index in [-0.39, 0.29) is 18.0 Å². The van der Waals surface area contributed by atoms with Crippen LogP contribution in [0.15, 0.2) is 35.2 Å². The van der Waals surface area contributed by atoms with Crippen molar-refractivity contribution in [1.82, 2.24) is 9.62 Å². The molecule has 1 heterocycles. The zero-order valence-corrected chi connectivity index (χ0v) is 9.61. The molecule has 1 saturated heterocycles. The number of carbonyl (C=O) groups excluding carboxylic acids is 2. The number of nitrogens with one attached hydrogen (secondary N) is 1. The van der Waals surface area contributed by atoms with Crippen LogP contribution in [0.2, 0.25) is 0 Å². The molecule has 90 valence electrons. The third kappa shape index (κ3) is 2.34. The molecule has 0 atom stereocenters. The van der Waals surface area contributed by atoms with Crippen molar-refractivity contribution in [3.8, 4) is 0 Å². The molecular formula is C10H10N2O4S. The zero-order chi connectivity index (χ0) is 12.5. The lowest BCUT2D eigenvalue weighted by Crippen LogP contribution is -2.53. The van der Waals surface area contributed by atoms with Gasteiger partial charge in [0, 0.05) is 0 Å². The van der Waals surface area contributed by atoms with Crippen molar-refractivity contribution in [2.24, 2.45) is 0 Å². The lowest BCUT2D eigenvalue weighted by molar-refractivity contribution is -0.134. The van der Waals surface area contributed by atoms with E-state index in [2.05, 4.69) is 0 Å². The Kier molecular flexibility index (Phi) is 2.95. The van der Waals surface area contributed by atoms with Crippen LogP contribution in [-0.4, -0.2) is 37.6 Å². The number of rotatable bonds is 2. The summed E-state index contributed by atoms with van der Waals surface area (Å²) in [4.78, 5) is 22.3. The van der Waals surface area contributed by atoms with E-state index in [1.54, 1.807) is 18.2 Å². The number of hydrogen-bond acceptors (Lipinski definition) is 4. The molecule has 6 nitrogen and oxygen atoms in total. The van der Waals surface area contributed by atoms with Gasteiger partial charge in [0.15, 0.2) is 0 Å². The highest BCUT2D eigenvalue weighted by molar-refractivity contribution is 7.89. The minimum Gasteiger partial charge on any atom is -0.294 e. The second kappa shape index (κ2) is 4.27. The number of nitrogens with zero attached hydrogens (tertiary/aromatic N) is 1. The summed E-state index contributed by atoms with van der Waals surface area (Å²) in [5, 5.41) is 2.05. The summed E-state index contributed by atoms with van der Waals surface area (Å²) in [5.74, 6) is -1.22. The predicted molar refractivity (Wildman–Crippen MR) is 58.4 cm³/mol. The number of imide groups is 1. The zero-order valence-electron chi connectivity index (χ0n) is 8.79. The lowest BCUT2D eigenvalue weighted by atomic mass is 10.4. The molecule has 0 unspecified atom stereocenters. The SMILES string of the molecule is O=C1CN(S(=O)(=O)c2ccccc2)CC(=O)N1. The van der Waals surface area contributed by atoms with Crippen molar-refractivity contribution in [3.63, 3.8) is 0 Å². The van der Waals surface area contributed by atoms with Crippen LogP contribution in [0.1, 0.15) is 0 Å². The van der Waals surface area contributed by atoms with Crippen molar-refractivity contribution in [3.05, 3.63) is 30.3 Å². The molecule has 0 aromatic heterocycles. The van der Waals surface area contributed by atoms with E-state index in [9.17, 15) is 18.0 Å². The molecule has 0 saturated carbocycles. The first-order chi connectivity index (χ1) is 8.00. The molecule has 0 aliphatic carbocycles. The molecule has 17 heavy (non-hydrogen) atoms. The maximum Gasteiger partial charge on any atom is 0.244 e. The lowest BCUT2D eigenvalue weighted by Gasteiger charge is -2.24. The summed E-state index contributed by atoms with van der Waals surface area (Å²) < 4.78 is 25.0. The molecule has 0 radical (unpaired) electrons. The molecule has 1 aliphatic heterocycles. The topological polar surface area (TPSA) is 83.6 Å². The van der Waals surface area contributed by atoms with E-state index in [1.165, 1.54) is 12.1 Å². The summed E-state index contributed by atoms with van der Waals surface area (Å²) in [6.45, 7) is -0.661. The van der Waals surface area contributed by atoms with E-state index in [4.69, 9.17) is 0 Å². The number of carbonyl (C=O) groups is 2. The average molecular weight is 254 g/mol. The Morgan fingerprint density at radius 3 is 2.06 bits per heavy atom. The first-order valence-corrected chi connectivity index (χ1v) is 6.32. The van der Waals surface area contributed by atoms with Gasteiger partial charge in [-0.3, -0.25) is 14.9 Å². The molecule has 2 amide bonds. The predicted octanol–water partition coefficient (Wildman–Crippen LogP) is -0.666. The smallest absolute Gasteiger partial charge is 0.244 e. The van der Waals surface area contributed by atoms with E-state index < -0.39 is 21.8 Å². The third-order valence-corrected chi connectivity index (χ3v) is 4.11. The third-order valence-electron chi connectivity index (χ3n) is 2.30. The van der Waals surface area contributed by atoms with Gasteiger partial charge in [-0.05, 0) is 12.1 Å². The number of piperazine rings is 1. The van der Waals surface area contributed by atoms with Gasteiger partial charge < -0.3 is 0 Å². The minimum absolute atomic E-state index is 0.0718. The minimum atomic E-state index is -3.78. The second-order valence-corrected chi connectivity index (χ2v) is 5.50. The van der Waals surface area contributed by atoms with Crippen molar-refractivity contribution in [2.45, 2.75) is 4.90 Å². The molecule has 0 bridgehead atoms. The van der Waals surface area contributed by atoms with E-state index in [0.29, 0.717) is 0 Å². The van der Waals surface area contributed by atoms with Crippen LogP contribution in [0.4, 0.5) is 0 Å². The highest BCUT2D eigenvalue weighted by atomic mass is 32.2. The summed E-state index contributed by atoms with van der Waals surface area (Å²) in [6, 6.07) is 7.70. The average Bonchev–Trinajstić information content (AvgIpc) is 2.29. The monoisotopic (exact) mass is 254 g/mol. The van der Waals surface area contributed by atoms with Gasteiger partial charge in [-0.2, -0.15) is 4.31 Å². The van der Waals surface area contributed by atoms with Crippen LogP contribution in [0.5, 0.6) is 0 Å². The Hall–Kier alpha value is -1.73. The fourth-order valence-corrected chi connectivity index (χ4v) is 2.90. The molecule has 0 spiro atoms. The van der Waals surface area contributed by atoms with Gasteiger partial charge in [0.25, 0.3) is 0 Å². The molecule has 1 aromatic rings. The van der Waals surface area contributed by atoms with Crippen LogP contribution in [-0.2, 0) is 19.6 Å². The first-order valence-electron chi connectivity index (χ1n) is 4.88. The Morgan fingerprint density at radius 1 is 1.00 bits per heavy atom. The summed E-state index contributed by atoms with van der Waals surface area (Å²) in [7, 11) is -3.78. The fourth-order valence-electron chi connectivity index (χ4n) is 1.52. The van der Waals surface area contributed by atoms with E-state index >= 15 is 0 Å². The van der Waals surface area contributed by atoms with Gasteiger partial charge in [0.2, 0.25) is 21.8 Å². The van der Waals surface area contributed by atoms with Crippen molar-refractivity contribution < 1.29 is 18.0 Å². The highest BCUT2D eigenvalue weighted by Gasteiger charge is 2.32. The van der Waals surface area contributed by atoms with Gasteiger partial charge in [0.05, 0.1) is 18.0 Å². The molecule has 1 fully saturated rings. The molecule has 2 rings (SSSR count). The van der Waals surface area contributed by atoms with E-state index in [0.717, 1.165) is 4.31 Å². The maximum absolute atomic E-state index is 12.1. The van der Waals surface area contributed by atoms with Crippen molar-refractivity contribution in [1.29, 1.82) is 0 Å². The Bertz CT molecular complexity index is 537. The summed E-state index contributed by atoms with van der Waals surface area (Å²) >= 11 is 0. The van der Waals surface area contributed by atoms with Gasteiger partial charge in [-0.25, -0.2) is 8.42 Å². The van der Waals surface area contributed by atoms with Gasteiger partial charge >= 0.3 is 0 Å². The summed E-state index contributed by atoms with van der Waals surface area (Å²) in [5.41, 5.74) is 0. The van der Waals surface area contributed by atoms with Crippen molar-refractivity contribution >= 4 is 21.8 Å². The number of hydrogen-bond donors (Lipinski definition) is 1. The van der Waals surface area contributed by atoms with Crippen LogP contribution in [0.3, 0.4) is 0 Å². The molecule has 7 heteroatoms. The molecule has 1 N–H and O–H groups in total. The van der Waals surface area contributed by atoms with Gasteiger partial charge in [-0.15, -0.1) is 0 Å². The van der Waals surface area contributed by atoms with Crippen molar-refractivity contribution in [2.75, 3.05) is 13.1 Å². The number of sulfonamides is 1. The molecular weight excluding hydrogens is 244 g/mol. The Labute approximate surface area is 98.3 Å². The standard InChI is InChI=1S/C10H10N2O4S/c13-9-6-12(7-10(14)11-9)17(15,16)8-4-2-1-3-5-8/h1-5H,6-7H2,(H,11,13,14). The second-order valence-electron chi connectivity index (χ2n) is 3.56. The molecule has 1 aromatic carbocycles. The van der Waals surface area contributed by atoms with Crippen LogP contribution in [0.25, 0.3) is 0 Å². The highest BCUT2D eigenvalue weighted by Crippen LogP contribution is 2.15.